The van der Waals surface area contributed by atoms with E-state index in [0.29, 0.717) is 19.6 Å². The van der Waals surface area contributed by atoms with Crippen molar-refractivity contribution in [3.8, 4) is 0 Å². The molecule has 0 aliphatic heterocycles. The molecule has 0 spiro atoms. The van der Waals surface area contributed by atoms with Crippen LogP contribution in [-0.4, -0.2) is 58.0 Å². The van der Waals surface area contributed by atoms with Gasteiger partial charge in [-0.1, -0.05) is 0 Å². The maximum Gasteiger partial charge on any atom is 0.410 e. The van der Waals surface area contributed by atoms with E-state index >= 15 is 0 Å². The maximum atomic E-state index is 12.3. The minimum absolute atomic E-state index is 0.0894. The Bertz CT molecular complexity index is 604. The molecule has 1 aromatic heterocycles. The first-order chi connectivity index (χ1) is 12.6. The van der Waals surface area contributed by atoms with Crippen molar-refractivity contribution in [1.82, 2.24) is 25.3 Å². The molecule has 0 radical (unpaired) electrons. The topological polar surface area (TPSA) is 83.8 Å². The molecule has 27 heavy (non-hydrogen) atoms. The highest BCUT2D eigenvalue weighted by molar-refractivity contribution is 5.79. The van der Waals surface area contributed by atoms with Crippen LogP contribution in [0.5, 0.6) is 0 Å². The van der Waals surface area contributed by atoms with Crippen LogP contribution in [0.25, 0.3) is 0 Å². The molecule has 0 bridgehead atoms. The maximum absolute atomic E-state index is 12.3. The molecule has 0 atom stereocenters. The predicted molar refractivity (Wildman–Crippen MR) is 109 cm³/mol. The summed E-state index contributed by atoms with van der Waals surface area (Å²) < 4.78 is 7.31. The first-order valence-electron chi connectivity index (χ1n) is 9.62. The van der Waals surface area contributed by atoms with E-state index in [0.717, 1.165) is 24.6 Å². The van der Waals surface area contributed by atoms with Gasteiger partial charge in [-0.15, -0.1) is 0 Å². The Morgan fingerprint density at radius 2 is 2.07 bits per heavy atom. The zero-order valence-electron chi connectivity index (χ0n) is 17.9. The fourth-order valence-corrected chi connectivity index (χ4v) is 2.40. The number of aliphatic imine (C=N–C) groups is 1. The van der Waals surface area contributed by atoms with E-state index in [1.54, 1.807) is 11.1 Å². The lowest BCUT2D eigenvalue weighted by molar-refractivity contribution is 0.0190. The lowest BCUT2D eigenvalue weighted by Gasteiger charge is -2.30. The normalized spacial score (nSPS) is 12.2. The average Bonchev–Trinajstić information content (AvgIpc) is 2.95. The highest BCUT2D eigenvalue weighted by atomic mass is 16.6. The number of ether oxygens (including phenoxy) is 1. The smallest absolute Gasteiger partial charge is 0.410 e. The van der Waals surface area contributed by atoms with Crippen LogP contribution in [0.1, 0.15) is 53.7 Å². The van der Waals surface area contributed by atoms with Crippen molar-refractivity contribution >= 4 is 12.1 Å². The monoisotopic (exact) mass is 380 g/mol. The van der Waals surface area contributed by atoms with Gasteiger partial charge < -0.3 is 20.3 Å². The third-order valence-corrected chi connectivity index (χ3v) is 3.79. The van der Waals surface area contributed by atoms with Crippen molar-refractivity contribution in [3.63, 3.8) is 0 Å². The van der Waals surface area contributed by atoms with Gasteiger partial charge in [-0.3, -0.25) is 4.68 Å². The first-order valence-corrected chi connectivity index (χ1v) is 9.62. The number of guanidine groups is 1. The Balaban J connectivity index is 2.51. The molecule has 0 saturated heterocycles. The molecule has 2 N–H and O–H groups in total. The number of hydrogen-bond acceptors (Lipinski definition) is 4. The Hall–Kier alpha value is -2.25. The van der Waals surface area contributed by atoms with Crippen molar-refractivity contribution in [1.29, 1.82) is 0 Å². The summed E-state index contributed by atoms with van der Waals surface area (Å²) in [5, 5.41) is 10.7. The molecule has 8 nitrogen and oxygen atoms in total. The number of aryl methyl sites for hydroxylation is 1. The summed E-state index contributed by atoms with van der Waals surface area (Å²) in [5.74, 6) is 0.757. The van der Waals surface area contributed by atoms with E-state index in [9.17, 15) is 4.79 Å². The molecular weight excluding hydrogens is 344 g/mol. The minimum Gasteiger partial charge on any atom is -0.444 e. The molecule has 0 saturated carbocycles. The molecule has 1 amide bonds. The summed E-state index contributed by atoms with van der Waals surface area (Å²) in [6.45, 7) is 14.3. The van der Waals surface area contributed by atoms with Gasteiger partial charge in [0.1, 0.15) is 5.60 Å². The Morgan fingerprint density at radius 3 is 2.59 bits per heavy atom. The van der Waals surface area contributed by atoms with Crippen LogP contribution < -0.4 is 10.6 Å². The molecule has 0 unspecified atom stereocenters. The van der Waals surface area contributed by atoms with Gasteiger partial charge >= 0.3 is 6.09 Å². The minimum atomic E-state index is -0.487. The van der Waals surface area contributed by atoms with Crippen LogP contribution >= 0.6 is 0 Å². The van der Waals surface area contributed by atoms with Gasteiger partial charge in [0.05, 0.1) is 12.2 Å². The van der Waals surface area contributed by atoms with E-state index in [4.69, 9.17) is 4.74 Å². The summed E-state index contributed by atoms with van der Waals surface area (Å²) in [5.41, 5.74) is 0.558. The number of amides is 1. The zero-order chi connectivity index (χ0) is 20.4. The number of aromatic nitrogens is 2. The molecule has 0 aliphatic carbocycles. The predicted octanol–water partition coefficient (Wildman–Crippen LogP) is 2.51. The van der Waals surface area contributed by atoms with E-state index in [1.165, 1.54) is 0 Å². The second-order valence-corrected chi connectivity index (χ2v) is 7.69. The second-order valence-electron chi connectivity index (χ2n) is 7.69. The van der Waals surface area contributed by atoms with Crippen LogP contribution in [-0.2, 0) is 18.3 Å². The molecule has 8 heteroatoms. The number of rotatable bonds is 8. The summed E-state index contributed by atoms with van der Waals surface area (Å²) in [7, 11) is 1.91. The van der Waals surface area contributed by atoms with Gasteiger partial charge in [0, 0.05) is 38.9 Å². The standard InChI is InChI=1S/C19H36N6O2/c1-8-20-17(22-14-16-10-12-23-24(16)7)21-11-9-13-25(15(2)3)18(26)27-19(4,5)6/h10,12,15H,8-9,11,13-14H2,1-7H3,(H2,20,21,22). The first kappa shape index (κ1) is 22.8. The van der Waals surface area contributed by atoms with Crippen molar-refractivity contribution in [2.75, 3.05) is 19.6 Å². The number of carbonyl (C=O) groups is 1. The Kier molecular flexibility index (Phi) is 9.11. The molecule has 0 aliphatic rings. The van der Waals surface area contributed by atoms with Crippen molar-refractivity contribution in [2.45, 2.75) is 66.2 Å². The third-order valence-electron chi connectivity index (χ3n) is 3.79. The molecule has 0 aromatic carbocycles. The quantitative estimate of drug-likeness (QED) is 0.411. The van der Waals surface area contributed by atoms with E-state index < -0.39 is 5.60 Å². The van der Waals surface area contributed by atoms with Crippen LogP contribution in [0, 0.1) is 0 Å². The molecule has 154 valence electrons. The van der Waals surface area contributed by atoms with E-state index in [2.05, 4.69) is 20.7 Å². The largest absolute Gasteiger partial charge is 0.444 e. The number of nitrogens with one attached hydrogen (secondary N) is 2. The second kappa shape index (κ2) is 10.8. The van der Waals surface area contributed by atoms with E-state index in [-0.39, 0.29) is 12.1 Å². The van der Waals surface area contributed by atoms with Crippen LogP contribution in [0.2, 0.25) is 0 Å². The Labute approximate surface area is 163 Å². The fourth-order valence-electron chi connectivity index (χ4n) is 2.40. The highest BCUT2D eigenvalue weighted by Gasteiger charge is 2.23. The molecule has 1 heterocycles. The summed E-state index contributed by atoms with van der Waals surface area (Å²) in [6.07, 6.45) is 2.30. The van der Waals surface area contributed by atoms with Gasteiger partial charge in [-0.05, 0) is 54.0 Å². The molecular formula is C19H36N6O2. The zero-order valence-corrected chi connectivity index (χ0v) is 17.9. The lowest BCUT2D eigenvalue weighted by atomic mass is 10.2. The van der Waals surface area contributed by atoms with Gasteiger partial charge in [-0.2, -0.15) is 5.10 Å². The van der Waals surface area contributed by atoms with Gasteiger partial charge in [-0.25, -0.2) is 9.79 Å². The van der Waals surface area contributed by atoms with Crippen molar-refractivity contribution in [3.05, 3.63) is 18.0 Å². The third kappa shape index (κ3) is 8.79. The van der Waals surface area contributed by atoms with Gasteiger partial charge in [0.15, 0.2) is 5.96 Å². The molecule has 1 aromatic rings. The number of hydrogen-bond donors (Lipinski definition) is 2. The summed E-state index contributed by atoms with van der Waals surface area (Å²) >= 11 is 0. The van der Waals surface area contributed by atoms with Crippen LogP contribution in [0.4, 0.5) is 4.79 Å². The number of nitrogens with zero attached hydrogens (tertiary/aromatic N) is 4. The molecule has 1 rings (SSSR count). The summed E-state index contributed by atoms with van der Waals surface area (Å²) in [6, 6.07) is 2.04. The van der Waals surface area contributed by atoms with Crippen molar-refractivity contribution in [2.24, 2.45) is 12.0 Å². The van der Waals surface area contributed by atoms with Gasteiger partial charge in [0.25, 0.3) is 0 Å². The Morgan fingerprint density at radius 1 is 1.37 bits per heavy atom. The number of carbonyl (C=O) groups excluding carboxylic acids is 1. The van der Waals surface area contributed by atoms with E-state index in [1.807, 2.05) is 59.3 Å². The van der Waals surface area contributed by atoms with Gasteiger partial charge in [0.2, 0.25) is 0 Å². The average molecular weight is 381 g/mol. The highest BCUT2D eigenvalue weighted by Crippen LogP contribution is 2.12. The lowest BCUT2D eigenvalue weighted by Crippen LogP contribution is -2.43. The van der Waals surface area contributed by atoms with Crippen LogP contribution in [0.3, 0.4) is 0 Å². The molecule has 0 fully saturated rings. The SMILES string of the molecule is CCNC(=NCc1ccnn1C)NCCCN(C(=O)OC(C)(C)C)C(C)C. The fraction of sp³-hybridized carbons (Fsp3) is 0.737. The van der Waals surface area contributed by atoms with Crippen LogP contribution in [0.15, 0.2) is 17.3 Å². The summed E-state index contributed by atoms with van der Waals surface area (Å²) in [4.78, 5) is 18.7. The van der Waals surface area contributed by atoms with Crippen molar-refractivity contribution < 1.29 is 9.53 Å².